The summed E-state index contributed by atoms with van der Waals surface area (Å²) in [7, 11) is -3.20. The summed E-state index contributed by atoms with van der Waals surface area (Å²) in [6, 6.07) is 9.39. The zero-order valence-corrected chi connectivity index (χ0v) is 12.6. The van der Waals surface area contributed by atoms with E-state index in [4.69, 9.17) is 0 Å². The molecule has 3 rings (SSSR count). The molecular weight excluding hydrogens is 286 g/mol. The molecule has 1 saturated heterocycles. The molecule has 0 aromatic carbocycles. The lowest BCUT2D eigenvalue weighted by Crippen LogP contribution is -2.29. The third kappa shape index (κ3) is 2.96. The molecule has 0 bridgehead atoms. The van der Waals surface area contributed by atoms with Crippen molar-refractivity contribution in [3.05, 3.63) is 48.4 Å². The van der Waals surface area contributed by atoms with Gasteiger partial charge in [-0.25, -0.2) is 8.42 Å². The second-order valence-corrected chi connectivity index (χ2v) is 7.16. The van der Waals surface area contributed by atoms with Gasteiger partial charge in [0.2, 0.25) is 10.0 Å². The first-order valence-electron chi connectivity index (χ1n) is 6.90. The molecule has 2 aromatic rings. The lowest BCUT2D eigenvalue weighted by Gasteiger charge is -2.22. The highest BCUT2D eigenvalue weighted by molar-refractivity contribution is 7.88. The molecule has 1 fully saturated rings. The summed E-state index contributed by atoms with van der Waals surface area (Å²) in [5, 5.41) is 0. The highest BCUT2D eigenvalue weighted by atomic mass is 32.2. The highest BCUT2D eigenvalue weighted by Crippen LogP contribution is 2.33. The largest absolute Gasteiger partial charge is 0.264 e. The molecule has 0 N–H and O–H groups in total. The average Bonchev–Trinajstić information content (AvgIpc) is 2.98. The molecular formula is C15H17N3O2S. The van der Waals surface area contributed by atoms with E-state index in [2.05, 4.69) is 9.97 Å². The molecule has 1 aliphatic rings. The predicted octanol–water partition coefficient (Wildman–Crippen LogP) is 2.24. The van der Waals surface area contributed by atoms with Crippen molar-refractivity contribution in [3.63, 3.8) is 0 Å². The van der Waals surface area contributed by atoms with Gasteiger partial charge in [-0.3, -0.25) is 9.97 Å². The van der Waals surface area contributed by atoms with Gasteiger partial charge in [-0.2, -0.15) is 4.31 Å². The summed E-state index contributed by atoms with van der Waals surface area (Å²) in [6.45, 7) is 0.572. The molecule has 0 radical (unpaired) electrons. The van der Waals surface area contributed by atoms with E-state index in [0.29, 0.717) is 6.54 Å². The Balaban J connectivity index is 1.97. The Morgan fingerprint density at radius 3 is 2.81 bits per heavy atom. The summed E-state index contributed by atoms with van der Waals surface area (Å²) < 4.78 is 25.3. The fourth-order valence-corrected chi connectivity index (χ4v) is 3.88. The minimum absolute atomic E-state index is 0.156. The zero-order chi connectivity index (χ0) is 14.9. The van der Waals surface area contributed by atoms with Crippen molar-refractivity contribution < 1.29 is 8.42 Å². The van der Waals surface area contributed by atoms with Gasteiger partial charge in [-0.1, -0.05) is 6.07 Å². The summed E-state index contributed by atoms with van der Waals surface area (Å²) in [4.78, 5) is 8.74. The van der Waals surface area contributed by atoms with E-state index in [0.717, 1.165) is 29.8 Å². The van der Waals surface area contributed by atoms with Gasteiger partial charge in [-0.05, 0) is 37.1 Å². The van der Waals surface area contributed by atoms with Crippen LogP contribution in [0.25, 0.3) is 11.3 Å². The van der Waals surface area contributed by atoms with Crippen LogP contribution in [0.3, 0.4) is 0 Å². The quantitative estimate of drug-likeness (QED) is 0.872. The van der Waals surface area contributed by atoms with Crippen LogP contribution in [0.2, 0.25) is 0 Å². The average molecular weight is 303 g/mol. The standard InChI is InChI=1S/C15H17N3O2S/c1-21(19,20)18-10-4-8-15(18)14-7-2-6-13(17-14)12-5-3-9-16-11-12/h2-3,5-7,9,11,15H,4,8,10H2,1H3/t15-/m1/s1. The second-order valence-electron chi connectivity index (χ2n) is 5.22. The van der Waals surface area contributed by atoms with Gasteiger partial charge in [0, 0.05) is 24.5 Å². The van der Waals surface area contributed by atoms with Gasteiger partial charge in [-0.15, -0.1) is 0 Å². The Hall–Kier alpha value is -1.79. The lowest BCUT2D eigenvalue weighted by molar-refractivity contribution is 0.394. The van der Waals surface area contributed by atoms with Gasteiger partial charge in [0.1, 0.15) is 0 Å². The van der Waals surface area contributed by atoms with Crippen LogP contribution < -0.4 is 0 Å². The number of nitrogens with zero attached hydrogens (tertiary/aromatic N) is 3. The van der Waals surface area contributed by atoms with Crippen LogP contribution in [-0.4, -0.2) is 35.5 Å². The Bertz CT molecular complexity index is 732. The molecule has 5 nitrogen and oxygen atoms in total. The van der Waals surface area contributed by atoms with Crippen LogP contribution in [0.15, 0.2) is 42.7 Å². The van der Waals surface area contributed by atoms with Crippen LogP contribution in [0.1, 0.15) is 24.6 Å². The highest BCUT2D eigenvalue weighted by Gasteiger charge is 2.33. The molecule has 110 valence electrons. The number of aromatic nitrogens is 2. The zero-order valence-electron chi connectivity index (χ0n) is 11.8. The predicted molar refractivity (Wildman–Crippen MR) is 81.0 cm³/mol. The Morgan fingerprint density at radius 1 is 1.24 bits per heavy atom. The Labute approximate surface area is 124 Å². The van der Waals surface area contributed by atoms with E-state index in [1.54, 1.807) is 16.7 Å². The van der Waals surface area contributed by atoms with Crippen LogP contribution >= 0.6 is 0 Å². The minimum Gasteiger partial charge on any atom is -0.264 e. The smallest absolute Gasteiger partial charge is 0.211 e. The normalized spacial score (nSPS) is 19.8. The first-order valence-corrected chi connectivity index (χ1v) is 8.75. The molecule has 2 aromatic heterocycles. The summed E-state index contributed by atoms with van der Waals surface area (Å²) in [5.41, 5.74) is 2.56. The van der Waals surface area contributed by atoms with Crippen molar-refractivity contribution in [2.24, 2.45) is 0 Å². The summed E-state index contributed by atoms with van der Waals surface area (Å²) in [6.07, 6.45) is 6.42. The van der Waals surface area contributed by atoms with E-state index >= 15 is 0 Å². The van der Waals surface area contributed by atoms with Crippen LogP contribution in [0.4, 0.5) is 0 Å². The van der Waals surface area contributed by atoms with Crippen LogP contribution in [-0.2, 0) is 10.0 Å². The molecule has 1 aliphatic heterocycles. The van der Waals surface area contributed by atoms with Crippen molar-refractivity contribution in [1.82, 2.24) is 14.3 Å². The Morgan fingerprint density at radius 2 is 2.10 bits per heavy atom. The molecule has 21 heavy (non-hydrogen) atoms. The lowest BCUT2D eigenvalue weighted by atomic mass is 10.1. The molecule has 6 heteroatoms. The van der Waals surface area contributed by atoms with E-state index in [9.17, 15) is 8.42 Å². The number of hydrogen-bond acceptors (Lipinski definition) is 4. The van der Waals surface area contributed by atoms with Gasteiger partial charge in [0.25, 0.3) is 0 Å². The van der Waals surface area contributed by atoms with Crippen LogP contribution in [0.5, 0.6) is 0 Å². The van der Waals surface area contributed by atoms with Crippen molar-refractivity contribution in [2.75, 3.05) is 12.8 Å². The van der Waals surface area contributed by atoms with Gasteiger partial charge in [0.15, 0.2) is 0 Å². The Kier molecular flexibility index (Phi) is 3.73. The number of rotatable bonds is 3. The first kappa shape index (κ1) is 14.2. The monoisotopic (exact) mass is 303 g/mol. The molecule has 1 atom stereocenters. The van der Waals surface area contributed by atoms with E-state index in [1.807, 2.05) is 30.3 Å². The van der Waals surface area contributed by atoms with Crippen molar-refractivity contribution in [2.45, 2.75) is 18.9 Å². The maximum Gasteiger partial charge on any atom is 0.211 e. The third-order valence-electron chi connectivity index (χ3n) is 3.70. The number of pyridine rings is 2. The molecule has 0 aliphatic carbocycles. The fraction of sp³-hybridized carbons (Fsp3) is 0.333. The van der Waals surface area contributed by atoms with E-state index in [1.165, 1.54) is 6.26 Å². The molecule has 0 spiro atoms. The summed E-state index contributed by atoms with van der Waals surface area (Å²) in [5.74, 6) is 0. The first-order chi connectivity index (χ1) is 10.1. The van der Waals surface area contributed by atoms with Crippen molar-refractivity contribution >= 4 is 10.0 Å². The van der Waals surface area contributed by atoms with Gasteiger partial charge in [0.05, 0.1) is 23.7 Å². The van der Waals surface area contributed by atoms with Gasteiger partial charge < -0.3 is 0 Å². The molecule has 3 heterocycles. The topological polar surface area (TPSA) is 63.2 Å². The maximum atomic E-state index is 11.9. The summed E-state index contributed by atoms with van der Waals surface area (Å²) >= 11 is 0. The fourth-order valence-electron chi connectivity index (χ4n) is 2.74. The van der Waals surface area contributed by atoms with Crippen molar-refractivity contribution in [1.29, 1.82) is 0 Å². The molecule has 0 saturated carbocycles. The molecule has 0 unspecified atom stereocenters. The maximum absolute atomic E-state index is 11.9. The van der Waals surface area contributed by atoms with Crippen LogP contribution in [0, 0.1) is 0 Å². The SMILES string of the molecule is CS(=O)(=O)N1CCC[C@@H]1c1cccc(-c2cccnc2)n1. The molecule has 0 amide bonds. The van der Waals surface area contributed by atoms with E-state index < -0.39 is 10.0 Å². The number of hydrogen-bond donors (Lipinski definition) is 0. The number of sulfonamides is 1. The van der Waals surface area contributed by atoms with Gasteiger partial charge >= 0.3 is 0 Å². The van der Waals surface area contributed by atoms with E-state index in [-0.39, 0.29) is 6.04 Å². The third-order valence-corrected chi connectivity index (χ3v) is 4.99. The van der Waals surface area contributed by atoms with Crippen molar-refractivity contribution in [3.8, 4) is 11.3 Å². The minimum atomic E-state index is -3.20. The second kappa shape index (κ2) is 5.54.